The van der Waals surface area contributed by atoms with Crippen LogP contribution < -0.4 is 0 Å². The lowest BCUT2D eigenvalue weighted by atomic mass is 9.71. The topological polar surface area (TPSA) is 6.48 Å². The molecule has 2 fully saturated rings. The zero-order valence-electron chi connectivity index (χ0n) is 15.2. The Bertz CT molecular complexity index is 510. The summed E-state index contributed by atoms with van der Waals surface area (Å²) < 4.78 is 0. The van der Waals surface area contributed by atoms with E-state index in [0.29, 0.717) is 10.7 Å². The molecule has 0 bridgehead atoms. The Hall–Kier alpha value is -0.510. The maximum absolute atomic E-state index is 2.66. The fraction of sp³-hybridized carbons (Fsp3) is 0.700. The molecule has 0 saturated carbocycles. The number of rotatable bonds is 5. The summed E-state index contributed by atoms with van der Waals surface area (Å²) in [5.41, 5.74) is 2.12. The third-order valence-electron chi connectivity index (χ3n) is 5.40. The van der Waals surface area contributed by atoms with Crippen LogP contribution in [0, 0.1) is 5.41 Å². The monoisotopic (exact) mass is 332 g/mol. The summed E-state index contributed by atoms with van der Waals surface area (Å²) in [5, 5.41) is 0.655. The van der Waals surface area contributed by atoms with E-state index < -0.39 is 0 Å². The minimum absolute atomic E-state index is 0.649. The fourth-order valence-electron chi connectivity index (χ4n) is 3.93. The molecule has 2 aliphatic rings. The predicted octanol–water partition coefficient (Wildman–Crippen LogP) is 4.49. The van der Waals surface area contributed by atoms with Crippen LogP contribution in [-0.2, 0) is 6.54 Å². The first kappa shape index (κ1) is 17.3. The molecule has 3 rings (SSSR count). The minimum Gasteiger partial charge on any atom is -0.300 e. The number of benzene rings is 1. The molecule has 0 aliphatic carbocycles. The van der Waals surface area contributed by atoms with Crippen LogP contribution in [0.25, 0.3) is 0 Å². The SMILES string of the molecule is CC(C)Sc1cccc(CN2CCC3(CC2)CN(C(C)C)C3)c1. The van der Waals surface area contributed by atoms with Gasteiger partial charge in [0.2, 0.25) is 0 Å². The molecular weight excluding hydrogens is 300 g/mol. The molecule has 0 unspecified atom stereocenters. The minimum atomic E-state index is 0.649. The van der Waals surface area contributed by atoms with Crippen molar-refractivity contribution in [3.05, 3.63) is 29.8 Å². The van der Waals surface area contributed by atoms with Crippen molar-refractivity contribution in [1.29, 1.82) is 0 Å². The molecule has 1 aromatic carbocycles. The van der Waals surface area contributed by atoms with Crippen LogP contribution in [0.3, 0.4) is 0 Å². The van der Waals surface area contributed by atoms with Gasteiger partial charge in [0.25, 0.3) is 0 Å². The molecule has 23 heavy (non-hydrogen) atoms. The molecule has 0 atom stereocenters. The fourth-order valence-corrected chi connectivity index (χ4v) is 4.85. The van der Waals surface area contributed by atoms with Crippen LogP contribution >= 0.6 is 11.8 Å². The van der Waals surface area contributed by atoms with Crippen molar-refractivity contribution in [2.24, 2.45) is 5.41 Å². The Morgan fingerprint density at radius 3 is 2.39 bits per heavy atom. The van der Waals surface area contributed by atoms with Gasteiger partial charge in [-0.15, -0.1) is 11.8 Å². The van der Waals surface area contributed by atoms with Gasteiger partial charge in [-0.25, -0.2) is 0 Å². The second-order valence-corrected chi connectivity index (χ2v) is 9.74. The van der Waals surface area contributed by atoms with E-state index in [-0.39, 0.29) is 0 Å². The van der Waals surface area contributed by atoms with Crippen molar-refractivity contribution >= 4 is 11.8 Å². The van der Waals surface area contributed by atoms with Gasteiger partial charge >= 0.3 is 0 Å². The summed E-state index contributed by atoms with van der Waals surface area (Å²) in [5.74, 6) is 0. The molecule has 3 heteroatoms. The lowest BCUT2D eigenvalue weighted by Gasteiger charge is -2.55. The van der Waals surface area contributed by atoms with E-state index in [4.69, 9.17) is 0 Å². The van der Waals surface area contributed by atoms with Gasteiger partial charge in [0, 0.05) is 35.8 Å². The molecule has 0 radical (unpaired) electrons. The maximum Gasteiger partial charge on any atom is 0.0234 e. The van der Waals surface area contributed by atoms with E-state index in [1.54, 1.807) is 0 Å². The highest BCUT2D eigenvalue weighted by Crippen LogP contribution is 2.41. The molecule has 1 spiro atoms. The number of thioether (sulfide) groups is 1. The Morgan fingerprint density at radius 1 is 1.09 bits per heavy atom. The largest absolute Gasteiger partial charge is 0.300 e. The first-order valence-corrected chi connectivity index (χ1v) is 10.1. The van der Waals surface area contributed by atoms with E-state index in [0.717, 1.165) is 12.6 Å². The van der Waals surface area contributed by atoms with E-state index in [2.05, 4.69) is 61.8 Å². The highest BCUT2D eigenvalue weighted by Gasteiger charge is 2.45. The lowest BCUT2D eigenvalue weighted by molar-refractivity contribution is -0.0633. The number of nitrogens with zero attached hydrogens (tertiary/aromatic N) is 2. The molecule has 2 saturated heterocycles. The highest BCUT2D eigenvalue weighted by atomic mass is 32.2. The maximum atomic E-state index is 2.66. The van der Waals surface area contributed by atoms with Crippen LogP contribution in [0.2, 0.25) is 0 Å². The van der Waals surface area contributed by atoms with Gasteiger partial charge in [0.1, 0.15) is 0 Å². The summed E-state index contributed by atoms with van der Waals surface area (Å²) in [6, 6.07) is 9.86. The standard InChI is InChI=1S/C20H32N2S/c1-16(2)22-14-20(15-22)8-10-21(11-9-20)13-18-6-5-7-19(12-18)23-17(3)4/h5-7,12,16-17H,8-11,13-15H2,1-4H3. The quantitative estimate of drug-likeness (QED) is 0.733. The van der Waals surface area contributed by atoms with E-state index in [9.17, 15) is 0 Å². The van der Waals surface area contributed by atoms with Crippen LogP contribution in [0.15, 0.2) is 29.2 Å². The van der Waals surface area contributed by atoms with E-state index in [1.807, 2.05) is 11.8 Å². The molecule has 2 aliphatic heterocycles. The highest BCUT2D eigenvalue weighted by molar-refractivity contribution is 7.99. The third kappa shape index (κ3) is 4.32. The number of likely N-dealkylation sites (tertiary alicyclic amines) is 2. The van der Waals surface area contributed by atoms with Gasteiger partial charge in [0.15, 0.2) is 0 Å². The van der Waals surface area contributed by atoms with Crippen molar-refractivity contribution in [3.8, 4) is 0 Å². The normalized spacial score (nSPS) is 22.0. The molecule has 128 valence electrons. The zero-order chi connectivity index (χ0) is 16.4. The Kier molecular flexibility index (Phi) is 5.39. The summed E-state index contributed by atoms with van der Waals surface area (Å²) in [6.07, 6.45) is 2.77. The van der Waals surface area contributed by atoms with Crippen molar-refractivity contribution in [1.82, 2.24) is 9.80 Å². The predicted molar refractivity (Wildman–Crippen MR) is 101 cm³/mol. The van der Waals surface area contributed by atoms with E-state index >= 15 is 0 Å². The Labute approximate surface area is 146 Å². The molecule has 2 heterocycles. The van der Waals surface area contributed by atoms with Crippen LogP contribution in [0.4, 0.5) is 0 Å². The van der Waals surface area contributed by atoms with Gasteiger partial charge in [-0.1, -0.05) is 26.0 Å². The van der Waals surface area contributed by atoms with Gasteiger partial charge in [0.05, 0.1) is 0 Å². The molecule has 0 amide bonds. The molecule has 0 aromatic heterocycles. The average Bonchev–Trinajstić information content (AvgIpc) is 2.45. The van der Waals surface area contributed by atoms with Crippen molar-refractivity contribution in [2.75, 3.05) is 26.2 Å². The molecular formula is C20H32N2S. The van der Waals surface area contributed by atoms with Crippen LogP contribution in [0.1, 0.15) is 46.1 Å². The first-order chi connectivity index (χ1) is 11.0. The molecule has 2 nitrogen and oxygen atoms in total. The van der Waals surface area contributed by atoms with Gasteiger partial charge in [-0.05, 0) is 62.9 Å². The molecule has 1 aromatic rings. The van der Waals surface area contributed by atoms with Crippen molar-refractivity contribution < 1.29 is 0 Å². The van der Waals surface area contributed by atoms with Gasteiger partial charge in [-0.3, -0.25) is 9.80 Å². The molecule has 0 N–H and O–H groups in total. The lowest BCUT2D eigenvalue weighted by Crippen LogP contribution is -2.61. The third-order valence-corrected chi connectivity index (χ3v) is 6.40. The van der Waals surface area contributed by atoms with Crippen LogP contribution in [-0.4, -0.2) is 47.3 Å². The summed E-state index contributed by atoms with van der Waals surface area (Å²) in [7, 11) is 0. The summed E-state index contributed by atoms with van der Waals surface area (Å²) in [4.78, 5) is 6.70. The number of hydrogen-bond acceptors (Lipinski definition) is 3. The second kappa shape index (κ2) is 7.16. The first-order valence-electron chi connectivity index (χ1n) is 9.18. The second-order valence-electron chi connectivity index (χ2n) is 8.09. The van der Waals surface area contributed by atoms with Gasteiger partial charge < -0.3 is 0 Å². The smallest absolute Gasteiger partial charge is 0.0234 e. The van der Waals surface area contributed by atoms with Gasteiger partial charge in [-0.2, -0.15) is 0 Å². The Morgan fingerprint density at radius 2 is 1.78 bits per heavy atom. The van der Waals surface area contributed by atoms with Crippen LogP contribution in [0.5, 0.6) is 0 Å². The van der Waals surface area contributed by atoms with Crippen molar-refractivity contribution in [3.63, 3.8) is 0 Å². The zero-order valence-corrected chi connectivity index (χ0v) is 16.0. The number of piperidine rings is 1. The van der Waals surface area contributed by atoms with E-state index in [1.165, 1.54) is 49.5 Å². The Balaban J connectivity index is 1.50. The van der Waals surface area contributed by atoms with Crippen molar-refractivity contribution in [2.45, 2.75) is 63.3 Å². The summed E-state index contributed by atoms with van der Waals surface area (Å²) >= 11 is 1.97. The number of hydrogen-bond donors (Lipinski definition) is 0. The summed E-state index contributed by atoms with van der Waals surface area (Å²) in [6.45, 7) is 15.5. The average molecular weight is 333 g/mol.